The number of amides is 1. The maximum atomic E-state index is 14.0. The Labute approximate surface area is 206 Å². The van der Waals surface area contributed by atoms with E-state index in [0.717, 1.165) is 5.39 Å². The van der Waals surface area contributed by atoms with Gasteiger partial charge in [0, 0.05) is 34.8 Å². The van der Waals surface area contributed by atoms with Crippen LogP contribution in [0.5, 0.6) is 5.75 Å². The molecule has 0 radical (unpaired) electrons. The second kappa shape index (κ2) is 10.0. The van der Waals surface area contributed by atoms with Gasteiger partial charge in [-0.05, 0) is 66.6 Å². The van der Waals surface area contributed by atoms with Crippen LogP contribution in [0.4, 0.5) is 4.39 Å². The summed E-state index contributed by atoms with van der Waals surface area (Å²) in [5, 5.41) is 12.6. The quantitative estimate of drug-likeness (QED) is 0.301. The normalized spacial score (nSPS) is 13.2. The molecule has 1 unspecified atom stereocenters. The van der Waals surface area contributed by atoms with Crippen molar-refractivity contribution < 1.29 is 23.8 Å². The van der Waals surface area contributed by atoms with Crippen molar-refractivity contribution in [1.82, 2.24) is 4.57 Å². The maximum absolute atomic E-state index is 14.0. The zero-order valence-electron chi connectivity index (χ0n) is 19.0. The summed E-state index contributed by atoms with van der Waals surface area (Å²) < 4.78 is 21.4. The number of carbonyl (C=O) groups excluding carboxylic acids is 2. The number of ketones is 1. The fourth-order valence-electron chi connectivity index (χ4n) is 3.99. The first-order valence-electron chi connectivity index (χ1n) is 11.0. The Bertz CT molecular complexity index is 1430. The molecule has 0 saturated carbocycles. The van der Waals surface area contributed by atoms with Crippen molar-refractivity contribution in [3.63, 3.8) is 0 Å². The Balaban J connectivity index is 1.62. The molecule has 0 fully saturated rings. The fourth-order valence-corrected chi connectivity index (χ4v) is 4.17. The molecule has 1 amide bonds. The highest BCUT2D eigenvalue weighted by Gasteiger charge is 2.19. The standard InChI is InChI=1S/C26H25ClFN3O4/c1-14(29)23(32)6-7-31-12-21(19-5-4-18(28)11-22(19)31)24(33)13-35-25-10-15-2-3-17(27)8-16(15)9-20(25)26(30)34/h2-5,8-12,14,23,32H,6-7,13,29H2,1H3,(H2,30,34)/t14-,23?/m1/s1. The third-order valence-electron chi connectivity index (χ3n) is 5.94. The van der Waals surface area contributed by atoms with Crippen LogP contribution in [0.2, 0.25) is 5.02 Å². The van der Waals surface area contributed by atoms with Gasteiger partial charge in [-0.15, -0.1) is 0 Å². The molecule has 4 rings (SSSR count). The Kier molecular flexibility index (Phi) is 7.07. The lowest BCUT2D eigenvalue weighted by atomic mass is 10.1. The van der Waals surface area contributed by atoms with E-state index in [0.29, 0.717) is 39.8 Å². The Hall–Kier alpha value is -3.46. The van der Waals surface area contributed by atoms with Gasteiger partial charge in [0.2, 0.25) is 5.78 Å². The monoisotopic (exact) mass is 497 g/mol. The van der Waals surface area contributed by atoms with E-state index in [4.69, 9.17) is 27.8 Å². The Morgan fingerprint density at radius 1 is 1.11 bits per heavy atom. The predicted octanol–water partition coefficient (Wildman–Crippen LogP) is 4.05. The summed E-state index contributed by atoms with van der Waals surface area (Å²) in [7, 11) is 0. The molecule has 0 bridgehead atoms. The Morgan fingerprint density at radius 3 is 2.60 bits per heavy atom. The third kappa shape index (κ3) is 5.30. The van der Waals surface area contributed by atoms with Gasteiger partial charge in [0.15, 0.2) is 6.61 Å². The summed E-state index contributed by atoms with van der Waals surface area (Å²) in [5.41, 5.74) is 12.2. The van der Waals surface area contributed by atoms with E-state index in [9.17, 15) is 19.1 Å². The highest BCUT2D eigenvalue weighted by Crippen LogP contribution is 2.29. The summed E-state index contributed by atoms with van der Waals surface area (Å²) >= 11 is 6.04. The van der Waals surface area contributed by atoms with Crippen LogP contribution in [0.3, 0.4) is 0 Å². The van der Waals surface area contributed by atoms with Crippen LogP contribution >= 0.6 is 11.6 Å². The summed E-state index contributed by atoms with van der Waals surface area (Å²) in [4.78, 5) is 25.1. The van der Waals surface area contributed by atoms with Gasteiger partial charge < -0.3 is 25.9 Å². The van der Waals surface area contributed by atoms with Crippen molar-refractivity contribution in [3.8, 4) is 5.75 Å². The lowest BCUT2D eigenvalue weighted by molar-refractivity contribution is 0.0913. The van der Waals surface area contributed by atoms with Gasteiger partial charge in [-0.2, -0.15) is 0 Å². The molecule has 182 valence electrons. The highest BCUT2D eigenvalue weighted by molar-refractivity contribution is 6.31. The number of hydrogen-bond acceptors (Lipinski definition) is 5. The van der Waals surface area contributed by atoms with Gasteiger partial charge in [0.05, 0.1) is 17.2 Å². The highest BCUT2D eigenvalue weighted by atomic mass is 35.5. The first-order valence-corrected chi connectivity index (χ1v) is 11.4. The van der Waals surface area contributed by atoms with E-state index in [2.05, 4.69) is 0 Å². The van der Waals surface area contributed by atoms with Gasteiger partial charge >= 0.3 is 0 Å². The molecule has 0 aliphatic rings. The van der Waals surface area contributed by atoms with Crippen molar-refractivity contribution in [3.05, 3.63) is 76.7 Å². The molecule has 5 N–H and O–H groups in total. The zero-order valence-corrected chi connectivity index (χ0v) is 19.8. The van der Waals surface area contributed by atoms with Crippen molar-refractivity contribution in [1.29, 1.82) is 0 Å². The number of rotatable bonds is 9. The summed E-state index contributed by atoms with van der Waals surface area (Å²) in [6.45, 7) is 1.68. The number of aryl methyl sites for hydroxylation is 1. The fraction of sp³-hybridized carbons (Fsp3) is 0.231. The van der Waals surface area contributed by atoms with E-state index in [1.165, 1.54) is 18.2 Å². The topological polar surface area (TPSA) is 121 Å². The number of carbonyl (C=O) groups is 2. The van der Waals surface area contributed by atoms with Crippen molar-refractivity contribution in [2.75, 3.05) is 6.61 Å². The van der Waals surface area contributed by atoms with Gasteiger partial charge in [0.1, 0.15) is 11.6 Å². The van der Waals surface area contributed by atoms with Gasteiger partial charge in [-0.3, -0.25) is 9.59 Å². The minimum atomic E-state index is -0.738. The minimum Gasteiger partial charge on any atom is -0.485 e. The molecule has 0 aliphatic heterocycles. The molecule has 9 heteroatoms. The molecule has 3 aromatic carbocycles. The third-order valence-corrected chi connectivity index (χ3v) is 6.18. The van der Waals surface area contributed by atoms with E-state index < -0.39 is 23.9 Å². The number of aliphatic hydroxyl groups excluding tert-OH is 1. The zero-order chi connectivity index (χ0) is 25.3. The molecular formula is C26H25ClFN3O4. The molecule has 0 saturated heterocycles. The van der Waals surface area contributed by atoms with Gasteiger partial charge in [-0.25, -0.2) is 4.39 Å². The van der Waals surface area contributed by atoms with E-state index in [1.54, 1.807) is 48.0 Å². The van der Waals surface area contributed by atoms with E-state index >= 15 is 0 Å². The smallest absolute Gasteiger partial charge is 0.252 e. The lowest BCUT2D eigenvalue weighted by Crippen LogP contribution is -2.32. The lowest BCUT2D eigenvalue weighted by Gasteiger charge is -2.15. The van der Waals surface area contributed by atoms with Crippen LogP contribution in [0.15, 0.2) is 54.7 Å². The summed E-state index contributed by atoms with van der Waals surface area (Å²) in [6.07, 6.45) is 1.21. The first-order chi connectivity index (χ1) is 16.6. The molecule has 0 aliphatic carbocycles. The number of aliphatic hydroxyl groups is 1. The molecule has 2 atom stereocenters. The van der Waals surface area contributed by atoms with Crippen LogP contribution in [0.25, 0.3) is 21.7 Å². The first kappa shape index (κ1) is 24.7. The number of hydrogen-bond donors (Lipinski definition) is 3. The maximum Gasteiger partial charge on any atom is 0.252 e. The van der Waals surface area contributed by atoms with E-state index in [1.807, 2.05) is 0 Å². The van der Waals surface area contributed by atoms with Crippen molar-refractivity contribution >= 4 is 45.0 Å². The van der Waals surface area contributed by atoms with Gasteiger partial charge in [0.25, 0.3) is 5.91 Å². The second-order valence-corrected chi connectivity index (χ2v) is 8.97. The van der Waals surface area contributed by atoms with Crippen LogP contribution < -0.4 is 16.2 Å². The largest absolute Gasteiger partial charge is 0.485 e. The average molecular weight is 498 g/mol. The molecule has 1 heterocycles. The summed E-state index contributed by atoms with van der Waals surface area (Å²) in [5.74, 6) is -1.33. The predicted molar refractivity (Wildman–Crippen MR) is 133 cm³/mol. The number of halogens is 2. The number of primary amides is 1. The van der Waals surface area contributed by atoms with E-state index in [-0.39, 0.29) is 23.7 Å². The van der Waals surface area contributed by atoms with Crippen LogP contribution in [0.1, 0.15) is 34.1 Å². The molecule has 0 spiro atoms. The molecule has 35 heavy (non-hydrogen) atoms. The number of fused-ring (bicyclic) bond motifs is 2. The minimum absolute atomic E-state index is 0.127. The molecule has 1 aromatic heterocycles. The molecular weight excluding hydrogens is 473 g/mol. The molecule has 4 aromatic rings. The van der Waals surface area contributed by atoms with Crippen LogP contribution in [0, 0.1) is 5.82 Å². The van der Waals surface area contributed by atoms with Crippen LogP contribution in [-0.2, 0) is 6.54 Å². The number of aromatic nitrogens is 1. The average Bonchev–Trinajstić information content (AvgIpc) is 3.17. The summed E-state index contributed by atoms with van der Waals surface area (Å²) in [6, 6.07) is 12.1. The number of benzene rings is 3. The van der Waals surface area contributed by atoms with Crippen molar-refractivity contribution in [2.24, 2.45) is 11.5 Å². The number of Topliss-reactive ketones (excluding diaryl/α,β-unsaturated/α-hetero) is 1. The number of nitrogens with zero attached hydrogens (tertiary/aromatic N) is 1. The Morgan fingerprint density at radius 2 is 1.89 bits per heavy atom. The van der Waals surface area contributed by atoms with Crippen LogP contribution in [-0.4, -0.2) is 40.1 Å². The van der Waals surface area contributed by atoms with Crippen molar-refractivity contribution in [2.45, 2.75) is 32.0 Å². The SMILES string of the molecule is C[C@@H](N)C(O)CCn1cc(C(=O)COc2cc3ccc(Cl)cc3cc2C(N)=O)c2ccc(F)cc21. The molecule has 7 nitrogen and oxygen atoms in total. The van der Waals surface area contributed by atoms with Gasteiger partial charge in [-0.1, -0.05) is 17.7 Å². The number of ether oxygens (including phenoxy) is 1. The second-order valence-electron chi connectivity index (χ2n) is 8.53. The number of nitrogens with two attached hydrogens (primary N) is 2.